The van der Waals surface area contributed by atoms with Gasteiger partial charge in [0.1, 0.15) is 0 Å². The Hall–Kier alpha value is -1.15. The van der Waals surface area contributed by atoms with Crippen LogP contribution in [0.5, 0.6) is 0 Å². The largest absolute Gasteiger partial charge is 0.393 e. The normalized spacial score (nSPS) is 27.0. The molecule has 0 aliphatic heterocycles. The van der Waals surface area contributed by atoms with Gasteiger partial charge in [0.15, 0.2) is 0 Å². The molecule has 0 heterocycles. The fraction of sp³-hybridized carbons (Fsp3) is 0.462. The topological polar surface area (TPSA) is 32.6 Å². The highest BCUT2D eigenvalue weighted by molar-refractivity contribution is 5.79. The van der Waals surface area contributed by atoms with E-state index >= 15 is 0 Å². The van der Waals surface area contributed by atoms with Gasteiger partial charge in [-0.05, 0) is 31.2 Å². The maximum Gasteiger partial charge on any atom is 0.0541 e. The second-order valence-corrected chi connectivity index (χ2v) is 4.15. The van der Waals surface area contributed by atoms with Gasteiger partial charge in [-0.15, -0.1) is 0 Å². The summed E-state index contributed by atoms with van der Waals surface area (Å²) < 4.78 is 0. The number of aliphatic hydroxyl groups is 1. The van der Waals surface area contributed by atoms with E-state index in [2.05, 4.69) is 17.1 Å². The van der Waals surface area contributed by atoms with E-state index in [0.717, 1.165) is 31.2 Å². The van der Waals surface area contributed by atoms with Crippen LogP contribution < -0.4 is 0 Å². The third-order valence-electron chi connectivity index (χ3n) is 2.90. The van der Waals surface area contributed by atoms with Crippen LogP contribution in [0.2, 0.25) is 0 Å². The van der Waals surface area contributed by atoms with Gasteiger partial charge in [-0.1, -0.05) is 30.3 Å². The number of rotatable bonds is 2. The summed E-state index contributed by atoms with van der Waals surface area (Å²) in [5, 5.41) is 9.36. The number of aliphatic imine (C=N–C) groups is 1. The summed E-state index contributed by atoms with van der Waals surface area (Å²) in [6.07, 6.45) is 5.69. The molecule has 15 heavy (non-hydrogen) atoms. The molecule has 1 fully saturated rings. The Labute approximate surface area is 90.7 Å². The van der Waals surface area contributed by atoms with Crippen molar-refractivity contribution in [1.82, 2.24) is 0 Å². The molecule has 1 aliphatic rings. The first-order chi connectivity index (χ1) is 7.34. The van der Waals surface area contributed by atoms with Crippen molar-refractivity contribution >= 4 is 6.21 Å². The molecule has 0 bridgehead atoms. The molecule has 1 saturated carbocycles. The van der Waals surface area contributed by atoms with E-state index in [-0.39, 0.29) is 6.10 Å². The molecule has 1 aromatic rings. The van der Waals surface area contributed by atoms with Gasteiger partial charge in [0.25, 0.3) is 0 Å². The van der Waals surface area contributed by atoms with Crippen molar-refractivity contribution in [3.8, 4) is 0 Å². The van der Waals surface area contributed by atoms with Crippen LogP contribution in [0.25, 0.3) is 0 Å². The van der Waals surface area contributed by atoms with Crippen molar-refractivity contribution in [1.29, 1.82) is 0 Å². The van der Waals surface area contributed by atoms with Crippen LogP contribution in [0.1, 0.15) is 31.2 Å². The molecule has 0 aromatic heterocycles. The standard InChI is InChI=1S/C13H17NO/c15-13-8-6-12(7-9-13)14-10-11-4-2-1-3-5-11/h1-5,10,12-13,15H,6-9H2/t12-,13-. The predicted molar refractivity (Wildman–Crippen MR) is 62.3 cm³/mol. The summed E-state index contributed by atoms with van der Waals surface area (Å²) in [5.41, 5.74) is 1.16. The smallest absolute Gasteiger partial charge is 0.0541 e. The van der Waals surface area contributed by atoms with Gasteiger partial charge < -0.3 is 5.11 Å². The lowest BCUT2D eigenvalue weighted by Crippen LogP contribution is -2.20. The Balaban J connectivity index is 1.89. The Morgan fingerprint density at radius 2 is 1.73 bits per heavy atom. The third-order valence-corrected chi connectivity index (χ3v) is 2.90. The lowest BCUT2D eigenvalue weighted by molar-refractivity contribution is 0.123. The lowest BCUT2D eigenvalue weighted by atomic mass is 9.93. The summed E-state index contributed by atoms with van der Waals surface area (Å²) in [6.45, 7) is 0. The predicted octanol–water partition coefficient (Wildman–Crippen LogP) is 2.41. The molecular weight excluding hydrogens is 186 g/mol. The molecule has 1 aliphatic carbocycles. The van der Waals surface area contributed by atoms with Crippen LogP contribution in [-0.4, -0.2) is 23.5 Å². The first-order valence-corrected chi connectivity index (χ1v) is 5.61. The zero-order chi connectivity index (χ0) is 10.5. The van der Waals surface area contributed by atoms with Gasteiger partial charge in [-0.25, -0.2) is 0 Å². The zero-order valence-electron chi connectivity index (χ0n) is 8.84. The number of aliphatic hydroxyl groups excluding tert-OH is 1. The van der Waals surface area contributed by atoms with E-state index in [1.165, 1.54) is 0 Å². The van der Waals surface area contributed by atoms with E-state index in [9.17, 15) is 5.11 Å². The molecule has 1 aromatic carbocycles. The van der Waals surface area contributed by atoms with Crippen LogP contribution in [0.3, 0.4) is 0 Å². The van der Waals surface area contributed by atoms with Crippen LogP contribution >= 0.6 is 0 Å². The van der Waals surface area contributed by atoms with Gasteiger partial charge in [-0.3, -0.25) is 4.99 Å². The van der Waals surface area contributed by atoms with E-state index in [4.69, 9.17) is 0 Å². The Morgan fingerprint density at radius 3 is 2.40 bits per heavy atom. The van der Waals surface area contributed by atoms with Crippen molar-refractivity contribution in [3.05, 3.63) is 35.9 Å². The number of benzene rings is 1. The van der Waals surface area contributed by atoms with Crippen molar-refractivity contribution in [2.45, 2.75) is 37.8 Å². The maximum absolute atomic E-state index is 9.36. The summed E-state index contributed by atoms with van der Waals surface area (Å²) in [5.74, 6) is 0. The van der Waals surface area contributed by atoms with E-state index in [1.54, 1.807) is 0 Å². The molecular formula is C13H17NO. The van der Waals surface area contributed by atoms with Gasteiger partial charge in [0.05, 0.1) is 12.1 Å². The van der Waals surface area contributed by atoms with Crippen LogP contribution in [0.4, 0.5) is 0 Å². The minimum atomic E-state index is -0.0897. The number of nitrogens with zero attached hydrogens (tertiary/aromatic N) is 1. The number of hydrogen-bond donors (Lipinski definition) is 1. The second kappa shape index (κ2) is 5.08. The summed E-state index contributed by atoms with van der Waals surface area (Å²) >= 11 is 0. The van der Waals surface area contributed by atoms with Gasteiger partial charge >= 0.3 is 0 Å². The highest BCUT2D eigenvalue weighted by Gasteiger charge is 2.17. The van der Waals surface area contributed by atoms with Crippen molar-refractivity contribution in [2.75, 3.05) is 0 Å². The number of hydrogen-bond acceptors (Lipinski definition) is 2. The minimum Gasteiger partial charge on any atom is -0.393 e. The van der Waals surface area contributed by atoms with Crippen LogP contribution in [0.15, 0.2) is 35.3 Å². The maximum atomic E-state index is 9.36. The quantitative estimate of drug-likeness (QED) is 0.735. The van der Waals surface area contributed by atoms with Crippen molar-refractivity contribution in [2.24, 2.45) is 4.99 Å². The third kappa shape index (κ3) is 3.17. The second-order valence-electron chi connectivity index (χ2n) is 4.15. The fourth-order valence-corrected chi connectivity index (χ4v) is 1.94. The molecule has 80 valence electrons. The van der Waals surface area contributed by atoms with E-state index in [0.29, 0.717) is 6.04 Å². The fourth-order valence-electron chi connectivity index (χ4n) is 1.94. The molecule has 2 nitrogen and oxygen atoms in total. The molecule has 0 spiro atoms. The first kappa shape index (κ1) is 10.4. The highest BCUT2D eigenvalue weighted by atomic mass is 16.3. The molecule has 0 unspecified atom stereocenters. The van der Waals surface area contributed by atoms with Crippen LogP contribution in [-0.2, 0) is 0 Å². The van der Waals surface area contributed by atoms with Crippen molar-refractivity contribution < 1.29 is 5.11 Å². The molecule has 1 N–H and O–H groups in total. The summed E-state index contributed by atoms with van der Waals surface area (Å²) in [4.78, 5) is 4.55. The Bertz CT molecular complexity index is 313. The zero-order valence-corrected chi connectivity index (χ0v) is 8.84. The Morgan fingerprint density at radius 1 is 1.07 bits per heavy atom. The highest BCUT2D eigenvalue weighted by Crippen LogP contribution is 2.20. The average molecular weight is 203 g/mol. The van der Waals surface area contributed by atoms with Gasteiger partial charge in [-0.2, -0.15) is 0 Å². The summed E-state index contributed by atoms with van der Waals surface area (Å²) in [6, 6.07) is 10.6. The molecule has 0 radical (unpaired) electrons. The van der Waals surface area contributed by atoms with Crippen molar-refractivity contribution in [3.63, 3.8) is 0 Å². The van der Waals surface area contributed by atoms with E-state index in [1.807, 2.05) is 24.4 Å². The molecule has 0 atom stereocenters. The summed E-state index contributed by atoms with van der Waals surface area (Å²) in [7, 11) is 0. The molecule has 2 rings (SSSR count). The average Bonchev–Trinajstić information content (AvgIpc) is 2.30. The monoisotopic (exact) mass is 203 g/mol. The molecule has 0 saturated heterocycles. The SMILES string of the molecule is O[C@H]1CC[C@H](N=Cc2ccccc2)CC1. The minimum absolute atomic E-state index is 0.0897. The molecule has 0 amide bonds. The van der Waals surface area contributed by atoms with Gasteiger partial charge in [0.2, 0.25) is 0 Å². The van der Waals surface area contributed by atoms with Gasteiger partial charge in [0, 0.05) is 6.21 Å². The van der Waals surface area contributed by atoms with Crippen LogP contribution in [0, 0.1) is 0 Å². The van der Waals surface area contributed by atoms with E-state index < -0.39 is 0 Å². The first-order valence-electron chi connectivity index (χ1n) is 5.61. The molecule has 2 heteroatoms. The Kier molecular flexibility index (Phi) is 3.51. The lowest BCUT2D eigenvalue weighted by Gasteiger charge is -2.22.